The van der Waals surface area contributed by atoms with Crippen LogP contribution in [0.3, 0.4) is 0 Å². The zero-order valence-electron chi connectivity index (χ0n) is 17.5. The molecule has 0 aliphatic carbocycles. The Hall–Kier alpha value is -3.72. The van der Waals surface area contributed by atoms with E-state index in [1.165, 1.54) is 12.4 Å². The van der Waals surface area contributed by atoms with Gasteiger partial charge in [0, 0.05) is 49.6 Å². The van der Waals surface area contributed by atoms with Gasteiger partial charge in [-0.1, -0.05) is 0 Å². The van der Waals surface area contributed by atoms with Gasteiger partial charge >= 0.3 is 6.03 Å². The molecule has 0 bridgehead atoms. The summed E-state index contributed by atoms with van der Waals surface area (Å²) in [5, 5.41) is 2.86. The van der Waals surface area contributed by atoms with Crippen molar-refractivity contribution in [2.75, 3.05) is 25.5 Å². The van der Waals surface area contributed by atoms with Crippen LogP contribution >= 0.6 is 0 Å². The Morgan fingerprint density at radius 2 is 2.16 bits per heavy atom. The second-order valence-electron chi connectivity index (χ2n) is 7.19. The second kappa shape index (κ2) is 9.86. The number of allylic oxidation sites excluding steroid dienone is 2. The molecule has 1 fully saturated rings. The van der Waals surface area contributed by atoms with Crippen molar-refractivity contribution < 1.29 is 14.3 Å². The van der Waals surface area contributed by atoms with Gasteiger partial charge in [0.15, 0.2) is 6.29 Å². The van der Waals surface area contributed by atoms with E-state index in [0.717, 1.165) is 6.42 Å². The maximum absolute atomic E-state index is 12.5. The average Bonchev–Trinajstić information content (AvgIpc) is 3.28. The molecule has 3 heterocycles. The molecular weight excluding hydrogens is 396 g/mol. The lowest BCUT2D eigenvalue weighted by Gasteiger charge is -2.17. The van der Waals surface area contributed by atoms with E-state index < -0.39 is 0 Å². The van der Waals surface area contributed by atoms with Gasteiger partial charge in [-0.2, -0.15) is 0 Å². The smallest absolute Gasteiger partial charge is 0.321 e. The molecule has 0 saturated carbocycles. The molecule has 31 heavy (non-hydrogen) atoms. The second-order valence-corrected chi connectivity index (χ2v) is 7.19. The number of nitrogens with two attached hydrogens (primary N) is 2. The summed E-state index contributed by atoms with van der Waals surface area (Å²) in [5.41, 5.74) is 16.1. The van der Waals surface area contributed by atoms with E-state index in [1.807, 2.05) is 6.92 Å². The number of nitrogens with one attached hydrogen (secondary N) is 1. The average molecular weight is 422 g/mol. The lowest BCUT2D eigenvalue weighted by atomic mass is 10.0. The summed E-state index contributed by atoms with van der Waals surface area (Å²) in [6.07, 6.45) is 7.76. The molecule has 3 rings (SSSR count). The van der Waals surface area contributed by atoms with E-state index in [9.17, 15) is 9.59 Å². The number of hydrogen-bond acceptors (Lipinski definition) is 7. The number of rotatable bonds is 6. The highest BCUT2D eigenvalue weighted by molar-refractivity contribution is 5.90. The molecule has 2 aromatic rings. The molecule has 162 valence electrons. The summed E-state index contributed by atoms with van der Waals surface area (Å²) in [7, 11) is 1.65. The molecular formula is C22H26N6O3. The van der Waals surface area contributed by atoms with Crippen LogP contribution in [0.4, 0.5) is 10.5 Å². The highest BCUT2D eigenvalue weighted by Crippen LogP contribution is 2.23. The summed E-state index contributed by atoms with van der Waals surface area (Å²) in [5.74, 6) is 0. The molecule has 1 saturated heterocycles. The molecule has 0 spiro atoms. The number of amides is 2. The monoisotopic (exact) mass is 422 g/mol. The zero-order valence-corrected chi connectivity index (χ0v) is 17.5. The first kappa shape index (κ1) is 22.0. The predicted molar refractivity (Wildman–Crippen MR) is 119 cm³/mol. The third-order valence-corrected chi connectivity index (χ3v) is 5.14. The molecule has 1 atom stereocenters. The summed E-state index contributed by atoms with van der Waals surface area (Å²) < 4.78 is 5.31. The van der Waals surface area contributed by atoms with Gasteiger partial charge in [-0.05, 0) is 48.8 Å². The summed E-state index contributed by atoms with van der Waals surface area (Å²) in [6.45, 7) is 3.02. The van der Waals surface area contributed by atoms with E-state index in [4.69, 9.17) is 16.2 Å². The Kier molecular flexibility index (Phi) is 6.99. The molecule has 2 aromatic heterocycles. The number of methoxy groups -OCH3 is 1. The molecule has 0 radical (unpaired) electrons. The van der Waals surface area contributed by atoms with Crippen LogP contribution in [0.15, 0.2) is 42.9 Å². The fourth-order valence-electron chi connectivity index (χ4n) is 3.37. The SMILES string of the molecule is COC1CCN(C(=O)Nc2cnc(C)c(/C(N)=C/C(=C\N)c3ccnc(C=O)c3)c2)C1. The van der Waals surface area contributed by atoms with E-state index >= 15 is 0 Å². The van der Waals surface area contributed by atoms with E-state index in [2.05, 4.69) is 15.3 Å². The molecule has 9 heteroatoms. The lowest BCUT2D eigenvalue weighted by Crippen LogP contribution is -2.34. The molecule has 9 nitrogen and oxygen atoms in total. The Balaban J connectivity index is 1.81. The maximum atomic E-state index is 12.5. The third kappa shape index (κ3) is 5.26. The highest BCUT2D eigenvalue weighted by atomic mass is 16.5. The number of ether oxygens (including phenoxy) is 1. The van der Waals surface area contributed by atoms with Crippen LogP contribution in [0.2, 0.25) is 0 Å². The fourth-order valence-corrected chi connectivity index (χ4v) is 3.37. The first-order valence-electron chi connectivity index (χ1n) is 9.81. The van der Waals surface area contributed by atoms with Gasteiger partial charge in [-0.15, -0.1) is 0 Å². The van der Waals surface area contributed by atoms with E-state index in [1.54, 1.807) is 42.5 Å². The van der Waals surface area contributed by atoms with Gasteiger partial charge in [0.05, 0.1) is 18.0 Å². The van der Waals surface area contributed by atoms with Crippen molar-refractivity contribution in [2.45, 2.75) is 19.4 Å². The Labute approximate surface area is 180 Å². The fraction of sp³-hybridized carbons (Fsp3) is 0.273. The normalized spacial score (nSPS) is 17.0. The lowest BCUT2D eigenvalue weighted by molar-refractivity contribution is 0.111. The van der Waals surface area contributed by atoms with Gasteiger partial charge in [0.2, 0.25) is 0 Å². The van der Waals surface area contributed by atoms with Crippen molar-refractivity contribution in [1.29, 1.82) is 0 Å². The van der Waals surface area contributed by atoms with Gasteiger partial charge in [-0.3, -0.25) is 14.8 Å². The summed E-state index contributed by atoms with van der Waals surface area (Å²) in [6, 6.07) is 4.92. The molecule has 1 unspecified atom stereocenters. The van der Waals surface area contributed by atoms with Crippen molar-refractivity contribution in [3.05, 3.63) is 65.4 Å². The van der Waals surface area contributed by atoms with Crippen molar-refractivity contribution >= 4 is 29.3 Å². The minimum atomic E-state index is -0.209. The maximum Gasteiger partial charge on any atom is 0.321 e. The van der Waals surface area contributed by atoms with Gasteiger partial charge < -0.3 is 26.4 Å². The first-order chi connectivity index (χ1) is 14.9. The third-order valence-electron chi connectivity index (χ3n) is 5.14. The Bertz CT molecular complexity index is 1030. The minimum absolute atomic E-state index is 0.0606. The largest absolute Gasteiger partial charge is 0.404 e. The standard InChI is InChI=1S/C22H26N6O3/c1-14-20(21(24)8-16(10-23)15-3-5-25-18(7-15)13-29)9-17(11-26-14)27-22(30)28-6-4-19(12-28)31-2/h3,5,7-11,13,19H,4,6,12,23-24H2,1-2H3,(H,27,30)/b16-10+,21-8-. The Morgan fingerprint density at radius 3 is 2.84 bits per heavy atom. The zero-order chi connectivity index (χ0) is 22.4. The number of nitrogens with zero attached hydrogens (tertiary/aromatic N) is 3. The summed E-state index contributed by atoms with van der Waals surface area (Å²) in [4.78, 5) is 33.6. The van der Waals surface area contributed by atoms with E-state index in [-0.39, 0.29) is 12.1 Å². The number of pyridine rings is 2. The van der Waals surface area contributed by atoms with Crippen LogP contribution in [0, 0.1) is 6.92 Å². The number of anilines is 1. The van der Waals surface area contributed by atoms with Crippen LogP contribution in [0.25, 0.3) is 11.3 Å². The number of hydrogen-bond donors (Lipinski definition) is 3. The Morgan fingerprint density at radius 1 is 1.35 bits per heavy atom. The number of aldehydes is 1. The molecule has 0 aromatic carbocycles. The van der Waals surface area contributed by atoms with Crippen molar-refractivity contribution in [3.8, 4) is 0 Å². The van der Waals surface area contributed by atoms with Crippen LogP contribution in [-0.4, -0.2) is 53.5 Å². The van der Waals surface area contributed by atoms with Crippen molar-refractivity contribution in [3.63, 3.8) is 0 Å². The highest BCUT2D eigenvalue weighted by Gasteiger charge is 2.26. The van der Waals surface area contributed by atoms with Crippen LogP contribution < -0.4 is 16.8 Å². The molecule has 5 N–H and O–H groups in total. The van der Waals surface area contributed by atoms with Gasteiger partial charge in [0.1, 0.15) is 5.69 Å². The van der Waals surface area contributed by atoms with Crippen molar-refractivity contribution in [2.24, 2.45) is 11.5 Å². The molecule has 1 aliphatic rings. The van der Waals surface area contributed by atoms with E-state index in [0.29, 0.717) is 58.8 Å². The molecule has 2 amide bonds. The van der Waals surface area contributed by atoms with Crippen LogP contribution in [0.5, 0.6) is 0 Å². The number of carbonyl (C=O) groups excluding carboxylic acids is 2. The minimum Gasteiger partial charge on any atom is -0.404 e. The van der Waals surface area contributed by atoms with Crippen LogP contribution in [-0.2, 0) is 4.74 Å². The number of aromatic nitrogens is 2. The number of carbonyl (C=O) groups is 2. The quantitative estimate of drug-likeness (QED) is 0.479. The number of likely N-dealkylation sites (tertiary alicyclic amines) is 1. The summed E-state index contributed by atoms with van der Waals surface area (Å²) >= 11 is 0. The number of urea groups is 1. The van der Waals surface area contributed by atoms with Gasteiger partial charge in [-0.25, -0.2) is 4.79 Å². The topological polar surface area (TPSA) is 136 Å². The number of aryl methyl sites for hydroxylation is 1. The molecule has 1 aliphatic heterocycles. The first-order valence-corrected chi connectivity index (χ1v) is 9.81. The predicted octanol–water partition coefficient (Wildman–Crippen LogP) is 2.15. The van der Waals surface area contributed by atoms with Crippen molar-refractivity contribution in [1.82, 2.24) is 14.9 Å². The van der Waals surface area contributed by atoms with Crippen LogP contribution in [0.1, 0.15) is 33.7 Å². The van der Waals surface area contributed by atoms with Gasteiger partial charge in [0.25, 0.3) is 0 Å².